The fourth-order valence-electron chi connectivity index (χ4n) is 1.82. The minimum absolute atomic E-state index is 0.400. The predicted octanol–water partition coefficient (Wildman–Crippen LogP) is 1.51. The molecule has 0 aliphatic heterocycles. The molecule has 0 fully saturated rings. The van der Waals surface area contributed by atoms with Gasteiger partial charge in [0.1, 0.15) is 0 Å². The van der Waals surface area contributed by atoms with Crippen molar-refractivity contribution >= 4 is 0 Å². The van der Waals surface area contributed by atoms with Crippen molar-refractivity contribution in [2.45, 2.75) is 27.2 Å². The molecule has 1 unspecified atom stereocenters. The topological polar surface area (TPSA) is 18.5 Å². The van der Waals surface area contributed by atoms with Crippen LogP contribution in [-0.2, 0) is 0 Å². The molecule has 1 N–H and O–H groups in total. The Bertz CT molecular complexity index is 171. The summed E-state index contributed by atoms with van der Waals surface area (Å²) in [6, 6.07) is 0. The van der Waals surface area contributed by atoms with Crippen LogP contribution in [0.15, 0.2) is 0 Å². The molecular weight excluding hydrogens is 198 g/mol. The second-order valence-corrected chi connectivity index (χ2v) is 5.49. The molecule has 0 bridgehead atoms. The molecule has 0 amide bonds. The smallest absolute Gasteiger partial charge is 0.0106 e. The zero-order valence-electron chi connectivity index (χ0n) is 12.1. The summed E-state index contributed by atoms with van der Waals surface area (Å²) in [7, 11) is 6.49. The van der Waals surface area contributed by atoms with Crippen LogP contribution in [-0.4, -0.2) is 63.7 Å². The van der Waals surface area contributed by atoms with Crippen LogP contribution < -0.4 is 5.32 Å². The van der Waals surface area contributed by atoms with Gasteiger partial charge in [0.2, 0.25) is 0 Å². The Hall–Kier alpha value is -0.120. The number of hydrogen-bond donors (Lipinski definition) is 1. The van der Waals surface area contributed by atoms with Crippen LogP contribution in [0.4, 0.5) is 0 Å². The number of hydrogen-bond acceptors (Lipinski definition) is 3. The molecule has 0 aromatic heterocycles. The second-order valence-electron chi connectivity index (χ2n) is 5.49. The second kappa shape index (κ2) is 8.04. The average molecular weight is 229 g/mol. The zero-order valence-corrected chi connectivity index (χ0v) is 12.1. The van der Waals surface area contributed by atoms with E-state index in [1.54, 1.807) is 0 Å². The van der Waals surface area contributed by atoms with Crippen molar-refractivity contribution in [2.24, 2.45) is 5.41 Å². The van der Waals surface area contributed by atoms with Crippen LogP contribution in [0, 0.1) is 5.41 Å². The molecule has 3 nitrogen and oxygen atoms in total. The highest BCUT2D eigenvalue weighted by Gasteiger charge is 2.23. The number of rotatable bonds is 9. The molecule has 0 saturated carbocycles. The summed E-state index contributed by atoms with van der Waals surface area (Å²) in [6.45, 7) is 12.5. The van der Waals surface area contributed by atoms with Gasteiger partial charge in [-0.3, -0.25) is 0 Å². The quantitative estimate of drug-likeness (QED) is 0.646. The predicted molar refractivity (Wildman–Crippen MR) is 73.0 cm³/mol. The minimum atomic E-state index is 0.400. The summed E-state index contributed by atoms with van der Waals surface area (Å²) in [4.78, 5) is 4.69. The van der Waals surface area contributed by atoms with Gasteiger partial charge in [-0.1, -0.05) is 20.8 Å². The molecule has 0 heterocycles. The van der Waals surface area contributed by atoms with Gasteiger partial charge < -0.3 is 15.1 Å². The monoisotopic (exact) mass is 229 g/mol. The summed E-state index contributed by atoms with van der Waals surface area (Å²) < 4.78 is 0. The zero-order chi connectivity index (χ0) is 12.6. The Labute approximate surface area is 102 Å². The van der Waals surface area contributed by atoms with E-state index in [2.05, 4.69) is 57.0 Å². The van der Waals surface area contributed by atoms with Crippen LogP contribution in [0.25, 0.3) is 0 Å². The number of nitrogens with one attached hydrogen (secondary N) is 1. The molecule has 0 aromatic rings. The summed E-state index contributed by atoms with van der Waals surface area (Å²) in [6.07, 6.45) is 1.23. The molecule has 16 heavy (non-hydrogen) atoms. The molecule has 98 valence electrons. The third kappa shape index (κ3) is 7.20. The first kappa shape index (κ1) is 15.9. The van der Waals surface area contributed by atoms with Crippen LogP contribution in [0.2, 0.25) is 0 Å². The van der Waals surface area contributed by atoms with Crippen LogP contribution >= 0.6 is 0 Å². The third-order valence-corrected chi connectivity index (χ3v) is 3.24. The van der Waals surface area contributed by atoms with Gasteiger partial charge in [0.25, 0.3) is 0 Å². The van der Waals surface area contributed by atoms with E-state index in [-0.39, 0.29) is 0 Å². The van der Waals surface area contributed by atoms with Crippen molar-refractivity contribution in [3.05, 3.63) is 0 Å². The maximum absolute atomic E-state index is 3.47. The van der Waals surface area contributed by atoms with Crippen LogP contribution in [0.3, 0.4) is 0 Å². The van der Waals surface area contributed by atoms with E-state index in [4.69, 9.17) is 0 Å². The van der Waals surface area contributed by atoms with Crippen molar-refractivity contribution in [3.63, 3.8) is 0 Å². The Morgan fingerprint density at radius 3 is 2.12 bits per heavy atom. The maximum atomic E-state index is 3.47. The first-order valence-corrected chi connectivity index (χ1v) is 6.47. The van der Waals surface area contributed by atoms with Crippen molar-refractivity contribution in [2.75, 3.05) is 53.9 Å². The molecule has 0 aliphatic rings. The largest absolute Gasteiger partial charge is 0.316 e. The average Bonchev–Trinajstić information content (AvgIpc) is 2.23. The van der Waals surface area contributed by atoms with E-state index in [9.17, 15) is 0 Å². The Kier molecular flexibility index (Phi) is 7.98. The Morgan fingerprint density at radius 1 is 1.06 bits per heavy atom. The van der Waals surface area contributed by atoms with E-state index >= 15 is 0 Å². The molecular formula is C13H31N3. The fraction of sp³-hybridized carbons (Fsp3) is 1.00. The molecule has 0 spiro atoms. The van der Waals surface area contributed by atoms with E-state index in [1.165, 1.54) is 13.0 Å². The molecule has 0 rings (SSSR count). The van der Waals surface area contributed by atoms with Gasteiger partial charge in [-0.15, -0.1) is 0 Å². The first-order valence-electron chi connectivity index (χ1n) is 6.47. The van der Waals surface area contributed by atoms with Gasteiger partial charge in [-0.25, -0.2) is 0 Å². The maximum Gasteiger partial charge on any atom is 0.0106 e. The first-order chi connectivity index (χ1) is 7.43. The van der Waals surface area contributed by atoms with E-state index < -0.39 is 0 Å². The number of likely N-dealkylation sites (N-methyl/N-ethyl adjacent to an activating group) is 2. The van der Waals surface area contributed by atoms with E-state index in [0.29, 0.717) is 5.41 Å². The SMILES string of the molecule is CCNCC(C)(CC)CN(C)CCN(C)C. The summed E-state index contributed by atoms with van der Waals surface area (Å²) in [5.74, 6) is 0. The van der Waals surface area contributed by atoms with Gasteiger partial charge in [0.15, 0.2) is 0 Å². The normalized spacial score (nSPS) is 15.8. The lowest BCUT2D eigenvalue weighted by Gasteiger charge is -2.33. The van der Waals surface area contributed by atoms with Crippen molar-refractivity contribution < 1.29 is 0 Å². The van der Waals surface area contributed by atoms with Crippen LogP contribution in [0.5, 0.6) is 0 Å². The summed E-state index contributed by atoms with van der Waals surface area (Å²) in [5.41, 5.74) is 0.400. The molecule has 1 atom stereocenters. The molecule has 0 aliphatic carbocycles. The molecule has 3 heteroatoms. The van der Waals surface area contributed by atoms with Crippen molar-refractivity contribution in [3.8, 4) is 0 Å². The van der Waals surface area contributed by atoms with Crippen LogP contribution in [0.1, 0.15) is 27.2 Å². The summed E-state index contributed by atoms with van der Waals surface area (Å²) >= 11 is 0. The Morgan fingerprint density at radius 2 is 1.69 bits per heavy atom. The molecule has 0 radical (unpaired) electrons. The van der Waals surface area contributed by atoms with Gasteiger partial charge >= 0.3 is 0 Å². The fourth-order valence-corrected chi connectivity index (χ4v) is 1.82. The third-order valence-electron chi connectivity index (χ3n) is 3.24. The lowest BCUT2D eigenvalue weighted by Crippen LogP contribution is -2.42. The minimum Gasteiger partial charge on any atom is -0.316 e. The summed E-state index contributed by atoms with van der Waals surface area (Å²) in [5, 5.41) is 3.47. The van der Waals surface area contributed by atoms with Crippen molar-refractivity contribution in [1.29, 1.82) is 0 Å². The lowest BCUT2D eigenvalue weighted by atomic mass is 9.87. The van der Waals surface area contributed by atoms with Crippen molar-refractivity contribution in [1.82, 2.24) is 15.1 Å². The van der Waals surface area contributed by atoms with Gasteiger partial charge in [0, 0.05) is 26.2 Å². The van der Waals surface area contributed by atoms with Gasteiger partial charge in [-0.05, 0) is 39.5 Å². The standard InChI is InChI=1S/C13H31N3/c1-7-13(3,11-14-8-2)12-16(6)10-9-15(4)5/h14H,7-12H2,1-6H3. The van der Waals surface area contributed by atoms with E-state index in [1.807, 2.05) is 0 Å². The Balaban J connectivity index is 3.98. The van der Waals surface area contributed by atoms with E-state index in [0.717, 1.165) is 26.2 Å². The molecule has 0 aromatic carbocycles. The highest BCUT2D eigenvalue weighted by Crippen LogP contribution is 2.20. The molecule has 0 saturated heterocycles. The highest BCUT2D eigenvalue weighted by atomic mass is 15.2. The van der Waals surface area contributed by atoms with Gasteiger partial charge in [0.05, 0.1) is 0 Å². The number of nitrogens with zero attached hydrogens (tertiary/aromatic N) is 2. The van der Waals surface area contributed by atoms with Gasteiger partial charge in [-0.2, -0.15) is 0 Å². The lowest BCUT2D eigenvalue weighted by molar-refractivity contribution is 0.171. The highest BCUT2D eigenvalue weighted by molar-refractivity contribution is 4.78.